The zero-order chi connectivity index (χ0) is 14.8. The maximum atomic E-state index is 13.8. The standard InChI is InChI=1S/C16H19FN2O2/c17-13-3-1-4-14(11(13)9-18)19-7-2-5-15(19)12-10-21-8-6-16(12)20/h1,3-4,12,15-16,20H,2,5-8,10H2/t12-,15+,16-/m0/s1. The Bertz CT molecular complexity index is 558. The van der Waals surface area contributed by atoms with Crippen LogP contribution in [-0.4, -0.2) is 37.0 Å². The molecule has 2 heterocycles. The Hall–Kier alpha value is -1.64. The average Bonchev–Trinajstić information content (AvgIpc) is 2.96. The zero-order valence-corrected chi connectivity index (χ0v) is 11.8. The number of nitrogens with zero attached hydrogens (tertiary/aromatic N) is 2. The third kappa shape index (κ3) is 2.61. The van der Waals surface area contributed by atoms with E-state index in [1.807, 2.05) is 6.07 Å². The highest BCUT2D eigenvalue weighted by atomic mass is 19.1. The van der Waals surface area contributed by atoms with Gasteiger partial charge in [-0.15, -0.1) is 0 Å². The molecule has 2 fully saturated rings. The first-order valence-electron chi connectivity index (χ1n) is 7.43. The van der Waals surface area contributed by atoms with Gasteiger partial charge in [-0.2, -0.15) is 5.26 Å². The highest BCUT2D eigenvalue weighted by molar-refractivity contribution is 5.61. The SMILES string of the molecule is N#Cc1c(F)cccc1N1CCC[C@@H]1[C@@H]1COCC[C@@H]1O. The Labute approximate surface area is 123 Å². The van der Waals surface area contributed by atoms with Crippen LogP contribution in [0.1, 0.15) is 24.8 Å². The van der Waals surface area contributed by atoms with Crippen LogP contribution in [0, 0.1) is 23.1 Å². The first kappa shape index (κ1) is 14.3. The van der Waals surface area contributed by atoms with Crippen LogP contribution in [0.4, 0.5) is 10.1 Å². The lowest BCUT2D eigenvalue weighted by molar-refractivity contribution is -0.0437. The molecule has 2 saturated heterocycles. The van der Waals surface area contributed by atoms with Gasteiger partial charge in [0, 0.05) is 25.1 Å². The third-order valence-corrected chi connectivity index (χ3v) is 4.57. The second kappa shape index (κ2) is 6.00. The molecule has 1 aromatic carbocycles. The minimum Gasteiger partial charge on any atom is -0.393 e. The van der Waals surface area contributed by atoms with Crippen molar-refractivity contribution in [3.8, 4) is 6.07 Å². The van der Waals surface area contributed by atoms with Crippen LogP contribution >= 0.6 is 0 Å². The Morgan fingerprint density at radius 3 is 3.00 bits per heavy atom. The summed E-state index contributed by atoms with van der Waals surface area (Å²) in [7, 11) is 0. The van der Waals surface area contributed by atoms with Crippen LogP contribution in [0.15, 0.2) is 18.2 Å². The Kier molecular flexibility index (Phi) is 4.09. The van der Waals surface area contributed by atoms with Crippen LogP contribution in [0.2, 0.25) is 0 Å². The fraction of sp³-hybridized carbons (Fsp3) is 0.562. The summed E-state index contributed by atoms with van der Waals surface area (Å²) in [5.41, 5.74) is 0.730. The van der Waals surface area contributed by atoms with E-state index in [0.717, 1.165) is 19.4 Å². The molecule has 3 atom stereocenters. The predicted molar refractivity (Wildman–Crippen MR) is 76.4 cm³/mol. The van der Waals surface area contributed by atoms with E-state index < -0.39 is 5.82 Å². The molecule has 0 aliphatic carbocycles. The molecule has 5 heteroatoms. The topological polar surface area (TPSA) is 56.5 Å². The molecule has 4 nitrogen and oxygen atoms in total. The summed E-state index contributed by atoms with van der Waals surface area (Å²) in [5.74, 6) is -0.461. The number of rotatable bonds is 2. The van der Waals surface area contributed by atoms with E-state index >= 15 is 0 Å². The molecule has 3 rings (SSSR count). The van der Waals surface area contributed by atoms with E-state index in [1.54, 1.807) is 12.1 Å². The van der Waals surface area contributed by atoms with Crippen molar-refractivity contribution in [1.82, 2.24) is 0 Å². The number of hydrogen-bond acceptors (Lipinski definition) is 4. The number of anilines is 1. The lowest BCUT2D eigenvalue weighted by Gasteiger charge is -2.38. The van der Waals surface area contributed by atoms with Crippen molar-refractivity contribution in [1.29, 1.82) is 5.26 Å². The van der Waals surface area contributed by atoms with E-state index in [-0.39, 0.29) is 23.6 Å². The summed E-state index contributed by atoms with van der Waals surface area (Å²) < 4.78 is 19.3. The van der Waals surface area contributed by atoms with Gasteiger partial charge in [0.2, 0.25) is 0 Å². The summed E-state index contributed by atoms with van der Waals surface area (Å²) >= 11 is 0. The van der Waals surface area contributed by atoms with E-state index in [0.29, 0.717) is 25.3 Å². The summed E-state index contributed by atoms with van der Waals surface area (Å²) in [6.07, 6.45) is 2.17. The second-order valence-corrected chi connectivity index (χ2v) is 5.74. The fourth-order valence-electron chi connectivity index (χ4n) is 3.52. The van der Waals surface area contributed by atoms with Gasteiger partial charge in [0.15, 0.2) is 0 Å². The van der Waals surface area contributed by atoms with Gasteiger partial charge in [0.05, 0.1) is 18.4 Å². The van der Waals surface area contributed by atoms with Crippen LogP contribution < -0.4 is 4.90 Å². The van der Waals surface area contributed by atoms with E-state index in [1.165, 1.54) is 6.07 Å². The van der Waals surface area contributed by atoms with Crippen molar-refractivity contribution in [2.75, 3.05) is 24.7 Å². The first-order valence-corrected chi connectivity index (χ1v) is 7.43. The summed E-state index contributed by atoms with van der Waals surface area (Å²) in [4.78, 5) is 2.07. The quantitative estimate of drug-likeness (QED) is 0.906. The van der Waals surface area contributed by atoms with Gasteiger partial charge < -0.3 is 14.7 Å². The second-order valence-electron chi connectivity index (χ2n) is 5.74. The van der Waals surface area contributed by atoms with E-state index in [9.17, 15) is 14.8 Å². The van der Waals surface area contributed by atoms with Crippen molar-refractivity contribution in [2.24, 2.45) is 5.92 Å². The fourth-order valence-corrected chi connectivity index (χ4v) is 3.52. The summed E-state index contributed by atoms with van der Waals surface area (Å²) in [6.45, 7) is 1.90. The maximum absolute atomic E-state index is 13.8. The van der Waals surface area contributed by atoms with Crippen molar-refractivity contribution in [2.45, 2.75) is 31.4 Å². The van der Waals surface area contributed by atoms with Gasteiger partial charge >= 0.3 is 0 Å². The molecule has 0 bridgehead atoms. The molecule has 2 aliphatic heterocycles. The first-order chi connectivity index (χ1) is 10.2. The molecular formula is C16H19FN2O2. The molecule has 0 unspecified atom stereocenters. The monoisotopic (exact) mass is 290 g/mol. The minimum absolute atomic E-state index is 0.0241. The summed E-state index contributed by atoms with van der Waals surface area (Å²) in [5, 5.41) is 19.4. The number of benzene rings is 1. The number of ether oxygens (including phenoxy) is 1. The van der Waals surface area contributed by atoms with Gasteiger partial charge in [-0.25, -0.2) is 4.39 Å². The van der Waals surface area contributed by atoms with Crippen LogP contribution in [-0.2, 0) is 4.74 Å². The number of halogens is 1. The highest BCUT2D eigenvalue weighted by Gasteiger charge is 2.38. The maximum Gasteiger partial charge on any atom is 0.143 e. The smallest absolute Gasteiger partial charge is 0.143 e. The van der Waals surface area contributed by atoms with Crippen molar-refractivity contribution in [3.05, 3.63) is 29.6 Å². The van der Waals surface area contributed by atoms with Gasteiger partial charge in [-0.05, 0) is 31.4 Å². The third-order valence-electron chi connectivity index (χ3n) is 4.57. The van der Waals surface area contributed by atoms with Gasteiger partial charge in [0.1, 0.15) is 17.4 Å². The van der Waals surface area contributed by atoms with Gasteiger partial charge in [-0.3, -0.25) is 0 Å². The Balaban J connectivity index is 1.91. The molecule has 2 aliphatic rings. The van der Waals surface area contributed by atoms with Crippen LogP contribution in [0.25, 0.3) is 0 Å². The van der Waals surface area contributed by atoms with E-state index in [2.05, 4.69) is 4.90 Å². The van der Waals surface area contributed by atoms with Gasteiger partial charge in [-0.1, -0.05) is 6.07 Å². The highest BCUT2D eigenvalue weighted by Crippen LogP contribution is 2.35. The molecule has 1 aromatic rings. The van der Waals surface area contributed by atoms with Crippen molar-refractivity contribution < 1.29 is 14.2 Å². The molecule has 112 valence electrons. The Morgan fingerprint density at radius 1 is 1.38 bits per heavy atom. The molecule has 0 radical (unpaired) electrons. The molecule has 1 N–H and O–H groups in total. The van der Waals surface area contributed by atoms with Crippen LogP contribution in [0.3, 0.4) is 0 Å². The number of hydrogen-bond donors (Lipinski definition) is 1. The van der Waals surface area contributed by atoms with Gasteiger partial charge in [0.25, 0.3) is 0 Å². The zero-order valence-electron chi connectivity index (χ0n) is 11.8. The minimum atomic E-state index is -0.485. The normalized spacial score (nSPS) is 29.4. The van der Waals surface area contributed by atoms with E-state index in [4.69, 9.17) is 4.74 Å². The molecule has 0 spiro atoms. The van der Waals surface area contributed by atoms with Crippen molar-refractivity contribution >= 4 is 5.69 Å². The predicted octanol–water partition coefficient (Wildman–Crippen LogP) is 2.06. The Morgan fingerprint density at radius 2 is 2.24 bits per heavy atom. The lowest BCUT2D eigenvalue weighted by Crippen LogP contribution is -2.46. The number of nitriles is 1. The molecule has 0 amide bonds. The van der Waals surface area contributed by atoms with Crippen molar-refractivity contribution in [3.63, 3.8) is 0 Å². The molecular weight excluding hydrogens is 271 g/mol. The average molecular weight is 290 g/mol. The largest absolute Gasteiger partial charge is 0.393 e. The molecule has 21 heavy (non-hydrogen) atoms. The molecule has 0 saturated carbocycles. The number of aliphatic hydroxyl groups excluding tert-OH is 1. The molecule has 0 aromatic heterocycles. The lowest BCUT2D eigenvalue weighted by atomic mass is 9.89. The van der Waals surface area contributed by atoms with Crippen LogP contribution in [0.5, 0.6) is 0 Å². The number of aliphatic hydroxyl groups is 1. The summed E-state index contributed by atoms with van der Waals surface area (Å²) in [6, 6.07) is 6.80.